The minimum atomic E-state index is 0.872. The summed E-state index contributed by atoms with van der Waals surface area (Å²) in [4.78, 5) is 5.19. The van der Waals surface area contributed by atoms with Gasteiger partial charge in [-0.1, -0.05) is 33.1 Å². The molecule has 3 nitrogen and oxygen atoms in total. The first-order valence-corrected chi connectivity index (χ1v) is 8.23. The van der Waals surface area contributed by atoms with Gasteiger partial charge in [0.1, 0.15) is 0 Å². The Morgan fingerprint density at radius 2 is 1.63 bits per heavy atom. The third-order valence-corrected chi connectivity index (χ3v) is 4.56. The molecule has 0 spiro atoms. The first-order valence-electron chi connectivity index (χ1n) is 8.23. The predicted molar refractivity (Wildman–Crippen MR) is 82.7 cm³/mol. The lowest BCUT2D eigenvalue weighted by Crippen LogP contribution is -2.46. The van der Waals surface area contributed by atoms with E-state index < -0.39 is 0 Å². The molecule has 0 bridgehead atoms. The van der Waals surface area contributed by atoms with Gasteiger partial charge in [0.05, 0.1) is 0 Å². The van der Waals surface area contributed by atoms with Gasteiger partial charge in [-0.2, -0.15) is 0 Å². The maximum Gasteiger partial charge on any atom is 0.0464 e. The van der Waals surface area contributed by atoms with Crippen molar-refractivity contribution in [3.8, 4) is 0 Å². The fourth-order valence-corrected chi connectivity index (χ4v) is 2.93. The van der Waals surface area contributed by atoms with Crippen molar-refractivity contribution in [3.05, 3.63) is 0 Å². The number of unbranched alkanes of at least 4 members (excludes halogenated alkanes) is 1. The van der Waals surface area contributed by atoms with Crippen LogP contribution in [0.4, 0.5) is 0 Å². The van der Waals surface area contributed by atoms with Crippen LogP contribution in [0.2, 0.25) is 0 Å². The second-order valence-corrected chi connectivity index (χ2v) is 5.83. The predicted octanol–water partition coefficient (Wildman–Crippen LogP) is 2.86. The molecular formula is C16H34N2O. The second-order valence-electron chi connectivity index (χ2n) is 5.83. The maximum absolute atomic E-state index is 5.18. The van der Waals surface area contributed by atoms with Crippen molar-refractivity contribution in [2.45, 2.75) is 46.0 Å². The molecule has 1 atom stereocenters. The number of piperazine rings is 1. The molecule has 0 aromatic rings. The van der Waals surface area contributed by atoms with Crippen LogP contribution in [0.25, 0.3) is 0 Å². The van der Waals surface area contributed by atoms with Crippen molar-refractivity contribution in [1.29, 1.82) is 0 Å². The van der Waals surface area contributed by atoms with E-state index in [1.807, 2.05) is 7.11 Å². The molecule has 1 heterocycles. The lowest BCUT2D eigenvalue weighted by Gasteiger charge is -2.34. The van der Waals surface area contributed by atoms with E-state index >= 15 is 0 Å². The molecular weight excluding hydrogens is 236 g/mol. The van der Waals surface area contributed by atoms with E-state index in [0.717, 1.165) is 12.5 Å². The van der Waals surface area contributed by atoms with Crippen molar-refractivity contribution in [2.75, 3.05) is 53.0 Å². The highest BCUT2D eigenvalue weighted by Crippen LogP contribution is 2.17. The third-order valence-electron chi connectivity index (χ3n) is 4.56. The molecule has 114 valence electrons. The van der Waals surface area contributed by atoms with E-state index in [1.165, 1.54) is 71.4 Å². The van der Waals surface area contributed by atoms with Crippen LogP contribution in [0.1, 0.15) is 46.0 Å². The Hall–Kier alpha value is -0.120. The lowest BCUT2D eigenvalue weighted by molar-refractivity contribution is 0.134. The number of hydrogen-bond acceptors (Lipinski definition) is 3. The molecule has 0 N–H and O–H groups in total. The highest BCUT2D eigenvalue weighted by molar-refractivity contribution is 4.71. The summed E-state index contributed by atoms with van der Waals surface area (Å²) in [7, 11) is 1.81. The summed E-state index contributed by atoms with van der Waals surface area (Å²) in [5.41, 5.74) is 0. The fourth-order valence-electron chi connectivity index (χ4n) is 2.93. The van der Waals surface area contributed by atoms with Gasteiger partial charge < -0.3 is 14.5 Å². The zero-order valence-electron chi connectivity index (χ0n) is 13.4. The zero-order valence-corrected chi connectivity index (χ0v) is 13.4. The van der Waals surface area contributed by atoms with Gasteiger partial charge in [0.2, 0.25) is 0 Å². The van der Waals surface area contributed by atoms with Crippen LogP contribution in [0, 0.1) is 5.92 Å². The van der Waals surface area contributed by atoms with E-state index in [-0.39, 0.29) is 0 Å². The molecule has 0 amide bonds. The van der Waals surface area contributed by atoms with Crippen LogP contribution in [-0.4, -0.2) is 62.8 Å². The molecule has 0 radical (unpaired) electrons. The Balaban J connectivity index is 2.01. The fraction of sp³-hybridized carbons (Fsp3) is 1.00. The molecule has 1 rings (SSSR count). The van der Waals surface area contributed by atoms with Gasteiger partial charge >= 0.3 is 0 Å². The van der Waals surface area contributed by atoms with Crippen LogP contribution in [0.3, 0.4) is 0 Å². The topological polar surface area (TPSA) is 15.7 Å². The monoisotopic (exact) mass is 270 g/mol. The van der Waals surface area contributed by atoms with E-state index in [1.54, 1.807) is 0 Å². The second kappa shape index (κ2) is 10.6. The van der Waals surface area contributed by atoms with Gasteiger partial charge in [0, 0.05) is 39.9 Å². The van der Waals surface area contributed by atoms with E-state index in [2.05, 4.69) is 23.6 Å². The van der Waals surface area contributed by atoms with Crippen LogP contribution >= 0.6 is 0 Å². The van der Waals surface area contributed by atoms with E-state index in [9.17, 15) is 0 Å². The average Bonchev–Trinajstić information content (AvgIpc) is 2.47. The Labute approximate surface area is 120 Å². The summed E-state index contributed by atoms with van der Waals surface area (Å²) < 4.78 is 5.18. The maximum atomic E-state index is 5.18. The molecule has 0 unspecified atom stereocenters. The summed E-state index contributed by atoms with van der Waals surface area (Å²) in [5.74, 6) is 0.872. The quantitative estimate of drug-likeness (QED) is 0.568. The summed E-state index contributed by atoms with van der Waals surface area (Å²) >= 11 is 0. The van der Waals surface area contributed by atoms with Crippen molar-refractivity contribution >= 4 is 0 Å². The van der Waals surface area contributed by atoms with E-state index in [4.69, 9.17) is 4.74 Å². The Morgan fingerprint density at radius 3 is 2.21 bits per heavy atom. The van der Waals surface area contributed by atoms with E-state index in [0.29, 0.717) is 0 Å². The largest absolute Gasteiger partial charge is 0.385 e. The first-order chi connectivity index (χ1) is 9.30. The molecule has 1 aliphatic rings. The van der Waals surface area contributed by atoms with Crippen LogP contribution in [0.5, 0.6) is 0 Å². The van der Waals surface area contributed by atoms with Gasteiger partial charge in [-0.05, 0) is 31.8 Å². The molecule has 1 fully saturated rings. The number of methoxy groups -OCH3 is 1. The zero-order chi connectivity index (χ0) is 13.9. The minimum absolute atomic E-state index is 0.872. The van der Waals surface area contributed by atoms with Crippen molar-refractivity contribution < 1.29 is 4.74 Å². The third kappa shape index (κ3) is 7.28. The molecule has 19 heavy (non-hydrogen) atoms. The molecule has 0 aliphatic carbocycles. The normalized spacial score (nSPS) is 19.7. The molecule has 1 saturated heterocycles. The Morgan fingerprint density at radius 1 is 0.947 bits per heavy atom. The Bertz CT molecular complexity index is 203. The van der Waals surface area contributed by atoms with Crippen molar-refractivity contribution in [2.24, 2.45) is 5.92 Å². The minimum Gasteiger partial charge on any atom is -0.385 e. The average molecular weight is 270 g/mol. The van der Waals surface area contributed by atoms with Gasteiger partial charge in [0.25, 0.3) is 0 Å². The molecule has 0 aromatic carbocycles. The van der Waals surface area contributed by atoms with Gasteiger partial charge in [0.15, 0.2) is 0 Å². The summed E-state index contributed by atoms with van der Waals surface area (Å²) in [6, 6.07) is 0. The summed E-state index contributed by atoms with van der Waals surface area (Å²) in [6.07, 6.45) is 6.68. The number of nitrogens with zero attached hydrogens (tertiary/aromatic N) is 2. The Kier molecular flexibility index (Phi) is 9.48. The molecule has 0 saturated carbocycles. The van der Waals surface area contributed by atoms with Gasteiger partial charge in [-0.25, -0.2) is 0 Å². The smallest absolute Gasteiger partial charge is 0.0464 e. The van der Waals surface area contributed by atoms with Gasteiger partial charge in [-0.15, -0.1) is 0 Å². The SMILES string of the molecule is CC[C@@H](CCCCN1CCN(CC)CC1)CCOC. The first kappa shape index (κ1) is 16.9. The number of ether oxygens (including phenoxy) is 1. The van der Waals surface area contributed by atoms with Crippen LogP contribution in [-0.2, 0) is 4.74 Å². The highest BCUT2D eigenvalue weighted by Gasteiger charge is 2.14. The molecule has 3 heteroatoms. The van der Waals surface area contributed by atoms with Crippen molar-refractivity contribution in [3.63, 3.8) is 0 Å². The summed E-state index contributed by atoms with van der Waals surface area (Å²) in [5, 5.41) is 0. The number of hydrogen-bond donors (Lipinski definition) is 0. The summed E-state index contributed by atoms with van der Waals surface area (Å²) in [6.45, 7) is 13.1. The van der Waals surface area contributed by atoms with Gasteiger partial charge in [-0.3, -0.25) is 0 Å². The number of likely N-dealkylation sites (N-methyl/N-ethyl adjacent to an activating group) is 1. The standard InChI is InChI=1S/C16H34N2O/c1-4-16(9-15-19-3)8-6-7-10-18-13-11-17(5-2)12-14-18/h16H,4-15H2,1-3H3/t16-/m0/s1. The molecule has 1 aliphatic heterocycles. The lowest BCUT2D eigenvalue weighted by atomic mass is 9.96. The van der Waals surface area contributed by atoms with Crippen molar-refractivity contribution in [1.82, 2.24) is 9.80 Å². The molecule has 0 aromatic heterocycles. The van der Waals surface area contributed by atoms with Crippen LogP contribution in [0.15, 0.2) is 0 Å². The highest BCUT2D eigenvalue weighted by atomic mass is 16.5. The van der Waals surface area contributed by atoms with Crippen LogP contribution < -0.4 is 0 Å². The number of rotatable bonds is 10.